The quantitative estimate of drug-likeness (QED) is 0.390. The first-order chi connectivity index (χ1) is 13.9. The predicted molar refractivity (Wildman–Crippen MR) is 108 cm³/mol. The number of aromatic nitrogens is 1. The van der Waals surface area contributed by atoms with Crippen molar-refractivity contribution in [2.75, 3.05) is 31.4 Å². The van der Waals surface area contributed by atoms with Crippen LogP contribution in [0.25, 0.3) is 10.2 Å². The zero-order valence-electron chi connectivity index (χ0n) is 15.3. The maximum Gasteiger partial charge on any atom is 0.416 e. The summed E-state index contributed by atoms with van der Waals surface area (Å²) in [4.78, 5) is 16.7. The molecule has 0 aliphatic carbocycles. The van der Waals surface area contributed by atoms with E-state index >= 15 is 0 Å². The molecule has 0 atom stereocenters. The van der Waals surface area contributed by atoms with Gasteiger partial charge in [0.05, 0.1) is 33.8 Å². The van der Waals surface area contributed by atoms with Crippen molar-refractivity contribution in [3.8, 4) is 5.75 Å². The fourth-order valence-electron chi connectivity index (χ4n) is 2.39. The summed E-state index contributed by atoms with van der Waals surface area (Å²) in [6, 6.07) is 10.6. The summed E-state index contributed by atoms with van der Waals surface area (Å²) in [5.41, 5.74) is -0.0661. The van der Waals surface area contributed by atoms with E-state index < -0.39 is 17.6 Å². The average Bonchev–Trinajstić information content (AvgIpc) is 3.10. The maximum absolute atomic E-state index is 13.0. The molecule has 1 N–H and O–H groups in total. The van der Waals surface area contributed by atoms with E-state index in [1.165, 1.54) is 36.3 Å². The van der Waals surface area contributed by atoms with Crippen LogP contribution in [0, 0.1) is 0 Å². The van der Waals surface area contributed by atoms with Crippen LogP contribution in [0.2, 0.25) is 0 Å². The fraction of sp³-hybridized carbons (Fsp3) is 0.263. The van der Waals surface area contributed by atoms with E-state index in [0.29, 0.717) is 4.34 Å². The third kappa shape index (κ3) is 5.84. The summed E-state index contributed by atoms with van der Waals surface area (Å²) in [7, 11) is 1.48. The minimum absolute atomic E-state index is 0.00752. The van der Waals surface area contributed by atoms with Crippen LogP contribution in [-0.4, -0.2) is 37.0 Å². The second-order valence-corrected chi connectivity index (χ2v) is 8.09. The van der Waals surface area contributed by atoms with E-state index in [1.54, 1.807) is 0 Å². The first kappa shape index (κ1) is 21.4. The van der Waals surface area contributed by atoms with Crippen LogP contribution in [0.5, 0.6) is 5.75 Å². The third-order valence-corrected chi connectivity index (χ3v) is 5.91. The number of amides is 1. The second-order valence-electron chi connectivity index (χ2n) is 5.83. The predicted octanol–water partition coefficient (Wildman–Crippen LogP) is 5.07. The van der Waals surface area contributed by atoms with Gasteiger partial charge in [0, 0.05) is 7.11 Å². The molecule has 0 bridgehead atoms. The van der Waals surface area contributed by atoms with Gasteiger partial charge in [0.15, 0.2) is 4.34 Å². The van der Waals surface area contributed by atoms with Gasteiger partial charge in [-0.1, -0.05) is 23.9 Å². The molecule has 0 unspecified atom stereocenters. The topological polar surface area (TPSA) is 60.5 Å². The highest BCUT2D eigenvalue weighted by Crippen LogP contribution is 2.35. The van der Waals surface area contributed by atoms with Gasteiger partial charge in [-0.15, -0.1) is 11.3 Å². The van der Waals surface area contributed by atoms with Gasteiger partial charge in [0.25, 0.3) is 0 Å². The van der Waals surface area contributed by atoms with Crippen LogP contribution in [-0.2, 0) is 15.7 Å². The van der Waals surface area contributed by atoms with E-state index in [1.807, 2.05) is 24.3 Å². The number of benzene rings is 2. The Morgan fingerprint density at radius 1 is 1.21 bits per heavy atom. The molecule has 1 amide bonds. The number of hydrogen-bond acceptors (Lipinski definition) is 6. The Morgan fingerprint density at radius 3 is 2.72 bits per heavy atom. The number of nitrogens with one attached hydrogen (secondary N) is 1. The van der Waals surface area contributed by atoms with Crippen LogP contribution < -0.4 is 10.1 Å². The number of methoxy groups -OCH3 is 1. The van der Waals surface area contributed by atoms with Crippen molar-refractivity contribution in [3.63, 3.8) is 0 Å². The number of hydrogen-bond donors (Lipinski definition) is 1. The van der Waals surface area contributed by atoms with Crippen LogP contribution in [0.3, 0.4) is 0 Å². The molecule has 0 radical (unpaired) electrons. The first-order valence-corrected chi connectivity index (χ1v) is 10.3. The Hall–Kier alpha value is -2.30. The number of para-hydroxylation sites is 1. The number of fused-ring (bicyclic) bond motifs is 1. The number of thiazole rings is 1. The Bertz CT molecular complexity index is 959. The lowest BCUT2D eigenvalue weighted by Crippen LogP contribution is -2.16. The summed E-state index contributed by atoms with van der Waals surface area (Å²) >= 11 is 2.68. The molecule has 29 heavy (non-hydrogen) atoms. The van der Waals surface area contributed by atoms with Crippen molar-refractivity contribution in [1.29, 1.82) is 0 Å². The van der Waals surface area contributed by atoms with E-state index in [4.69, 9.17) is 9.47 Å². The number of rotatable bonds is 8. The fourth-order valence-corrected chi connectivity index (χ4v) is 4.26. The number of ether oxygens (including phenoxy) is 2. The summed E-state index contributed by atoms with van der Waals surface area (Å²) in [5.74, 6) is -0.299. The number of anilines is 1. The maximum atomic E-state index is 13.0. The third-order valence-electron chi connectivity index (χ3n) is 3.73. The molecule has 0 saturated heterocycles. The molecule has 1 aromatic heterocycles. The molecule has 3 aromatic rings. The van der Waals surface area contributed by atoms with Gasteiger partial charge in [-0.3, -0.25) is 4.79 Å². The second kappa shape index (κ2) is 9.47. The van der Waals surface area contributed by atoms with Gasteiger partial charge < -0.3 is 14.8 Å². The monoisotopic (exact) mass is 442 g/mol. The summed E-state index contributed by atoms with van der Waals surface area (Å²) < 4.78 is 51.1. The number of nitrogens with zero attached hydrogens (tertiary/aromatic N) is 1. The Balaban J connectivity index is 1.69. The van der Waals surface area contributed by atoms with Gasteiger partial charge in [-0.2, -0.15) is 13.2 Å². The number of alkyl halides is 3. The minimum Gasteiger partial charge on any atom is -0.489 e. The molecule has 0 saturated carbocycles. The molecule has 154 valence electrons. The van der Waals surface area contributed by atoms with Crippen LogP contribution in [0.15, 0.2) is 46.8 Å². The van der Waals surface area contributed by atoms with E-state index in [-0.39, 0.29) is 30.4 Å². The van der Waals surface area contributed by atoms with Gasteiger partial charge >= 0.3 is 6.18 Å². The summed E-state index contributed by atoms with van der Waals surface area (Å²) in [5, 5.41) is 2.51. The molecule has 0 aliphatic rings. The van der Waals surface area contributed by atoms with Crippen LogP contribution in [0.4, 0.5) is 18.9 Å². The van der Waals surface area contributed by atoms with Crippen molar-refractivity contribution in [2.24, 2.45) is 0 Å². The summed E-state index contributed by atoms with van der Waals surface area (Å²) in [6.45, 7) is 0.410. The molecule has 2 aromatic carbocycles. The molecule has 1 heterocycles. The molecule has 3 rings (SSSR count). The highest BCUT2D eigenvalue weighted by atomic mass is 32.2. The van der Waals surface area contributed by atoms with Crippen molar-refractivity contribution in [3.05, 3.63) is 48.0 Å². The summed E-state index contributed by atoms with van der Waals surface area (Å²) in [6.07, 6.45) is -4.53. The molecular formula is C19H17F3N2O3S2. The number of carbonyl (C=O) groups excluding carboxylic acids is 1. The zero-order valence-corrected chi connectivity index (χ0v) is 16.9. The molecular weight excluding hydrogens is 425 g/mol. The zero-order chi connectivity index (χ0) is 20.9. The molecule has 0 spiro atoms. The highest BCUT2D eigenvalue weighted by molar-refractivity contribution is 8.01. The lowest BCUT2D eigenvalue weighted by atomic mass is 10.1. The molecule has 5 nitrogen and oxygen atoms in total. The van der Waals surface area contributed by atoms with Gasteiger partial charge in [0.2, 0.25) is 5.91 Å². The van der Waals surface area contributed by atoms with Crippen LogP contribution in [0.1, 0.15) is 5.56 Å². The Morgan fingerprint density at radius 2 is 2.00 bits per heavy atom. The largest absolute Gasteiger partial charge is 0.489 e. The smallest absolute Gasteiger partial charge is 0.416 e. The standard InChI is InChI=1S/C19H17F3N2O3S2/c1-26-8-9-27-15-7-6-12(19(20,21)22)10-14(15)23-17(25)11-28-18-24-13-4-2-3-5-16(13)29-18/h2-7,10H,8-9,11H2,1H3,(H,23,25). The van der Waals surface area contributed by atoms with Crippen LogP contribution >= 0.6 is 23.1 Å². The van der Waals surface area contributed by atoms with Crippen molar-refractivity contribution in [1.82, 2.24) is 4.98 Å². The van der Waals surface area contributed by atoms with Crippen molar-refractivity contribution < 1.29 is 27.4 Å². The van der Waals surface area contributed by atoms with Gasteiger partial charge in [-0.25, -0.2) is 4.98 Å². The number of thioether (sulfide) groups is 1. The van der Waals surface area contributed by atoms with Gasteiger partial charge in [0.1, 0.15) is 12.4 Å². The molecule has 0 aliphatic heterocycles. The minimum atomic E-state index is -4.53. The first-order valence-electron chi connectivity index (χ1n) is 8.48. The molecule has 10 heteroatoms. The van der Waals surface area contributed by atoms with E-state index in [0.717, 1.165) is 22.3 Å². The van der Waals surface area contributed by atoms with E-state index in [9.17, 15) is 18.0 Å². The van der Waals surface area contributed by atoms with Crippen molar-refractivity contribution >= 4 is 44.9 Å². The lowest BCUT2D eigenvalue weighted by Gasteiger charge is -2.15. The highest BCUT2D eigenvalue weighted by Gasteiger charge is 2.31. The number of halogens is 3. The SMILES string of the molecule is COCCOc1ccc(C(F)(F)F)cc1NC(=O)CSc1nc2ccccc2s1. The normalized spacial score (nSPS) is 11.6. The lowest BCUT2D eigenvalue weighted by molar-refractivity contribution is -0.137. The Labute approximate surface area is 173 Å². The molecule has 0 fully saturated rings. The Kier molecular flexibility index (Phi) is 6.99. The van der Waals surface area contributed by atoms with Crippen molar-refractivity contribution in [2.45, 2.75) is 10.5 Å². The van der Waals surface area contributed by atoms with Gasteiger partial charge in [-0.05, 0) is 30.3 Å². The number of carbonyl (C=O) groups is 1. The van der Waals surface area contributed by atoms with E-state index in [2.05, 4.69) is 10.3 Å². The average molecular weight is 442 g/mol.